The van der Waals surface area contributed by atoms with Crippen LogP contribution in [0.3, 0.4) is 0 Å². The van der Waals surface area contributed by atoms with Gasteiger partial charge in [-0.1, -0.05) is 359 Å². The van der Waals surface area contributed by atoms with Crippen molar-refractivity contribution in [3.63, 3.8) is 0 Å². The van der Waals surface area contributed by atoms with Gasteiger partial charge in [-0.05, 0) is 57.8 Å². The standard InChI is InChI=1S/C74H138O6/c1-4-7-10-13-16-19-22-24-26-28-30-31-32-33-34-35-36-37-38-39-40-41-42-43-45-46-48-50-52-55-58-61-64-67-73(76)79-70-71(69-78-72(75)66-63-60-57-54-21-18-15-12-9-6-3)80-74(77)68-65-62-59-56-53-51-49-47-44-29-27-25-23-20-17-14-11-8-5-2/h17,20,25,27,44,47,71H,4-16,18-19,21-24,26,28-43,45-46,48-70H2,1-3H3/b20-17-,27-25-,47-44-. The molecule has 0 N–H and O–H groups in total. The zero-order valence-corrected chi connectivity index (χ0v) is 54.1. The van der Waals surface area contributed by atoms with Gasteiger partial charge in [0.1, 0.15) is 13.2 Å². The van der Waals surface area contributed by atoms with E-state index in [-0.39, 0.29) is 31.1 Å². The molecule has 0 aromatic carbocycles. The fourth-order valence-corrected chi connectivity index (χ4v) is 11.0. The van der Waals surface area contributed by atoms with Gasteiger partial charge >= 0.3 is 17.9 Å². The van der Waals surface area contributed by atoms with Gasteiger partial charge in [0.2, 0.25) is 0 Å². The number of carbonyl (C=O) groups is 3. The zero-order valence-electron chi connectivity index (χ0n) is 54.1. The third kappa shape index (κ3) is 66.4. The maximum absolute atomic E-state index is 12.9. The average molecular weight is 1120 g/mol. The Morgan fingerprint density at radius 1 is 0.250 bits per heavy atom. The lowest BCUT2D eigenvalue weighted by molar-refractivity contribution is -0.167. The van der Waals surface area contributed by atoms with E-state index in [0.29, 0.717) is 19.3 Å². The highest BCUT2D eigenvalue weighted by atomic mass is 16.6. The summed E-state index contributed by atoms with van der Waals surface area (Å²) in [5.74, 6) is -0.861. The van der Waals surface area contributed by atoms with E-state index in [4.69, 9.17) is 14.2 Å². The van der Waals surface area contributed by atoms with Gasteiger partial charge in [-0.3, -0.25) is 14.4 Å². The minimum Gasteiger partial charge on any atom is -0.462 e. The molecule has 0 bridgehead atoms. The molecule has 6 nitrogen and oxygen atoms in total. The lowest BCUT2D eigenvalue weighted by Crippen LogP contribution is -2.30. The average Bonchev–Trinajstić information content (AvgIpc) is 3.46. The van der Waals surface area contributed by atoms with Gasteiger partial charge < -0.3 is 14.2 Å². The minimum atomic E-state index is -0.776. The van der Waals surface area contributed by atoms with Crippen LogP contribution in [0.4, 0.5) is 0 Å². The summed E-state index contributed by atoms with van der Waals surface area (Å²) < 4.78 is 16.9. The van der Waals surface area contributed by atoms with Crippen molar-refractivity contribution in [2.45, 2.75) is 406 Å². The fraction of sp³-hybridized carbons (Fsp3) is 0.878. The first kappa shape index (κ1) is 77.6. The molecule has 1 unspecified atom stereocenters. The Morgan fingerprint density at radius 3 is 0.725 bits per heavy atom. The summed E-state index contributed by atoms with van der Waals surface area (Å²) in [5, 5.41) is 0. The first-order valence-electron chi connectivity index (χ1n) is 36.0. The summed E-state index contributed by atoms with van der Waals surface area (Å²) in [6.45, 7) is 6.66. The highest BCUT2D eigenvalue weighted by Crippen LogP contribution is 2.19. The summed E-state index contributed by atoms with van der Waals surface area (Å²) in [5.41, 5.74) is 0. The predicted molar refractivity (Wildman–Crippen MR) is 349 cm³/mol. The second-order valence-corrected chi connectivity index (χ2v) is 24.5. The summed E-state index contributed by atoms with van der Waals surface area (Å²) in [4.78, 5) is 38.3. The van der Waals surface area contributed by atoms with Crippen LogP contribution in [0.1, 0.15) is 400 Å². The third-order valence-corrected chi connectivity index (χ3v) is 16.4. The molecular weight excluding hydrogens is 985 g/mol. The van der Waals surface area contributed by atoms with E-state index in [0.717, 1.165) is 77.0 Å². The van der Waals surface area contributed by atoms with Crippen LogP contribution in [0.15, 0.2) is 36.5 Å². The van der Waals surface area contributed by atoms with Gasteiger partial charge in [0.25, 0.3) is 0 Å². The normalized spacial score (nSPS) is 12.2. The number of allylic oxidation sites excluding steroid dienone is 6. The smallest absolute Gasteiger partial charge is 0.306 e. The van der Waals surface area contributed by atoms with Crippen molar-refractivity contribution in [3.05, 3.63) is 36.5 Å². The number of esters is 3. The molecule has 0 radical (unpaired) electrons. The molecule has 0 aliphatic carbocycles. The largest absolute Gasteiger partial charge is 0.462 e. The van der Waals surface area contributed by atoms with Crippen LogP contribution in [-0.2, 0) is 28.6 Å². The van der Waals surface area contributed by atoms with E-state index in [1.54, 1.807) is 0 Å². The third-order valence-electron chi connectivity index (χ3n) is 16.4. The highest BCUT2D eigenvalue weighted by molar-refractivity contribution is 5.71. The van der Waals surface area contributed by atoms with Gasteiger partial charge in [-0.25, -0.2) is 0 Å². The highest BCUT2D eigenvalue weighted by Gasteiger charge is 2.19. The lowest BCUT2D eigenvalue weighted by atomic mass is 10.0. The zero-order chi connectivity index (χ0) is 57.8. The van der Waals surface area contributed by atoms with E-state index in [9.17, 15) is 14.4 Å². The maximum Gasteiger partial charge on any atom is 0.306 e. The maximum atomic E-state index is 12.9. The number of carbonyl (C=O) groups excluding carboxylic acids is 3. The molecule has 0 saturated heterocycles. The van der Waals surface area contributed by atoms with Gasteiger partial charge in [0.05, 0.1) is 0 Å². The quantitative estimate of drug-likeness (QED) is 0.0261. The van der Waals surface area contributed by atoms with E-state index < -0.39 is 6.10 Å². The van der Waals surface area contributed by atoms with Crippen molar-refractivity contribution in [2.75, 3.05) is 13.2 Å². The molecule has 0 rings (SSSR count). The van der Waals surface area contributed by atoms with E-state index in [2.05, 4.69) is 57.2 Å². The molecule has 0 aromatic heterocycles. The molecule has 0 fully saturated rings. The summed E-state index contributed by atoms with van der Waals surface area (Å²) in [6, 6.07) is 0. The van der Waals surface area contributed by atoms with Crippen LogP contribution in [0.25, 0.3) is 0 Å². The van der Waals surface area contributed by atoms with Crippen LogP contribution in [0.2, 0.25) is 0 Å². The SMILES string of the molecule is CCCCC/C=C\C/C=C\C/C=C\CCCCCCCCC(=O)OC(COC(=O)CCCCCCCCCCCC)COC(=O)CCCCCCCCCCCCCCCCCCCCCCCCCCCCCCCCCCC. The molecule has 0 saturated carbocycles. The van der Waals surface area contributed by atoms with Gasteiger partial charge in [0.15, 0.2) is 6.10 Å². The second-order valence-electron chi connectivity index (χ2n) is 24.5. The van der Waals surface area contributed by atoms with Crippen LogP contribution in [0.5, 0.6) is 0 Å². The Kier molecular flexibility index (Phi) is 67.1. The van der Waals surface area contributed by atoms with Crippen molar-refractivity contribution in [1.82, 2.24) is 0 Å². The Morgan fingerprint density at radius 2 is 0.450 bits per heavy atom. The monoisotopic (exact) mass is 1120 g/mol. The topological polar surface area (TPSA) is 78.9 Å². The molecule has 0 heterocycles. The van der Waals surface area contributed by atoms with Crippen molar-refractivity contribution >= 4 is 17.9 Å². The van der Waals surface area contributed by atoms with Gasteiger partial charge in [-0.2, -0.15) is 0 Å². The van der Waals surface area contributed by atoms with Crippen LogP contribution in [-0.4, -0.2) is 37.2 Å². The molecule has 6 heteroatoms. The molecule has 470 valence electrons. The lowest BCUT2D eigenvalue weighted by Gasteiger charge is -2.18. The number of hydrogen-bond donors (Lipinski definition) is 0. The van der Waals surface area contributed by atoms with E-state index in [1.807, 2.05) is 0 Å². The Balaban J connectivity index is 4.06. The van der Waals surface area contributed by atoms with Crippen LogP contribution in [0, 0.1) is 0 Å². The first-order valence-corrected chi connectivity index (χ1v) is 36.0. The minimum absolute atomic E-state index is 0.0724. The predicted octanol–water partition coefficient (Wildman–Crippen LogP) is 24.7. The number of unbranched alkanes of at least 4 members (excludes halogenated alkanes) is 50. The summed E-state index contributed by atoms with van der Waals surface area (Å²) in [7, 11) is 0. The van der Waals surface area contributed by atoms with Crippen molar-refractivity contribution in [2.24, 2.45) is 0 Å². The Bertz CT molecular complexity index is 1340. The molecule has 80 heavy (non-hydrogen) atoms. The summed E-state index contributed by atoms with van der Waals surface area (Å²) in [6.07, 6.45) is 86.3. The van der Waals surface area contributed by atoms with Crippen molar-refractivity contribution in [1.29, 1.82) is 0 Å². The van der Waals surface area contributed by atoms with Gasteiger partial charge in [-0.15, -0.1) is 0 Å². The Hall–Kier alpha value is -2.37. The Labute approximate surface area is 499 Å². The molecule has 0 amide bonds. The fourth-order valence-electron chi connectivity index (χ4n) is 11.0. The van der Waals surface area contributed by atoms with Crippen molar-refractivity contribution < 1.29 is 28.6 Å². The van der Waals surface area contributed by atoms with E-state index in [1.165, 1.54) is 283 Å². The van der Waals surface area contributed by atoms with Crippen LogP contribution >= 0.6 is 0 Å². The van der Waals surface area contributed by atoms with Gasteiger partial charge in [0, 0.05) is 19.3 Å². The molecule has 0 aliphatic rings. The number of rotatable bonds is 67. The number of hydrogen-bond acceptors (Lipinski definition) is 6. The summed E-state index contributed by atoms with van der Waals surface area (Å²) >= 11 is 0. The molecular formula is C74H138O6. The van der Waals surface area contributed by atoms with E-state index >= 15 is 0 Å². The molecule has 0 spiro atoms. The molecule has 0 aliphatic heterocycles. The van der Waals surface area contributed by atoms with Crippen LogP contribution < -0.4 is 0 Å². The second kappa shape index (κ2) is 69.1. The molecule has 0 aromatic rings. The molecule has 1 atom stereocenters. The van der Waals surface area contributed by atoms with Crippen molar-refractivity contribution in [3.8, 4) is 0 Å². The first-order chi connectivity index (χ1) is 39.5. The number of ether oxygens (including phenoxy) is 3.